The Hall–Kier alpha value is -2.62. The molecule has 0 saturated carbocycles. The number of aliphatic hydroxyl groups is 1. The largest absolute Gasteiger partial charge is 0.504 e. The molecule has 1 aromatic carbocycles. The van der Waals surface area contributed by atoms with Gasteiger partial charge in [0, 0.05) is 5.39 Å². The topological polar surface area (TPSA) is 67.5 Å². The number of aliphatic hydroxyl groups excluding tert-OH is 1. The fraction of sp³-hybridized carbons (Fsp3) is 0.125. The molecule has 3 rings (SSSR count). The van der Waals surface area contributed by atoms with Crippen molar-refractivity contribution in [3.63, 3.8) is 0 Å². The van der Waals surface area contributed by atoms with E-state index in [0.29, 0.717) is 0 Å². The monoisotopic (exact) mass is 268 g/mol. The van der Waals surface area contributed by atoms with Crippen molar-refractivity contribution in [3.8, 4) is 0 Å². The molecule has 0 radical (unpaired) electrons. The summed E-state index contributed by atoms with van der Waals surface area (Å²) in [5.74, 6) is -0.313. The van der Waals surface area contributed by atoms with Crippen molar-refractivity contribution in [2.24, 2.45) is 5.92 Å². The summed E-state index contributed by atoms with van der Waals surface area (Å²) in [6.45, 7) is 1.86. The molecule has 100 valence electrons. The molecule has 1 aromatic heterocycles. The van der Waals surface area contributed by atoms with Crippen molar-refractivity contribution in [2.75, 3.05) is 0 Å². The van der Waals surface area contributed by atoms with Gasteiger partial charge >= 0.3 is 5.63 Å². The van der Waals surface area contributed by atoms with Crippen LogP contribution in [-0.2, 0) is 0 Å². The molecule has 0 fully saturated rings. The Balaban J connectivity index is 2.58. The number of rotatable bonds is 0. The van der Waals surface area contributed by atoms with Crippen molar-refractivity contribution in [1.82, 2.24) is 0 Å². The Morgan fingerprint density at radius 1 is 1.15 bits per heavy atom. The first kappa shape index (κ1) is 12.4. The second-order valence-corrected chi connectivity index (χ2v) is 4.78. The van der Waals surface area contributed by atoms with Crippen LogP contribution < -0.4 is 11.1 Å². The first-order valence-electron chi connectivity index (χ1n) is 6.27. The van der Waals surface area contributed by atoms with E-state index in [1.165, 1.54) is 12.1 Å². The molecule has 1 unspecified atom stereocenters. The lowest BCUT2D eigenvalue weighted by molar-refractivity contribution is 0.438. The number of benzene rings is 1. The molecular formula is C16H12O4. The average molecular weight is 268 g/mol. The summed E-state index contributed by atoms with van der Waals surface area (Å²) in [6.07, 6.45) is 4.91. The molecule has 1 atom stereocenters. The van der Waals surface area contributed by atoms with Gasteiger partial charge in [-0.05, 0) is 18.1 Å². The Bertz CT molecular complexity index is 872. The molecule has 0 bridgehead atoms. The third-order valence-corrected chi connectivity index (χ3v) is 3.30. The normalized spacial score (nSPS) is 17.4. The summed E-state index contributed by atoms with van der Waals surface area (Å²) < 4.78 is 5.20. The SMILES string of the molecule is CC1C=Cc2c(oc(=O)c3ccccc3c2=O)C(O)=C1. The van der Waals surface area contributed by atoms with E-state index in [1.54, 1.807) is 30.4 Å². The molecule has 20 heavy (non-hydrogen) atoms. The molecule has 0 amide bonds. The number of allylic oxidation sites excluding steroid dienone is 2. The second kappa shape index (κ2) is 4.49. The van der Waals surface area contributed by atoms with Crippen molar-refractivity contribution >= 4 is 22.6 Å². The van der Waals surface area contributed by atoms with Crippen molar-refractivity contribution in [2.45, 2.75) is 6.92 Å². The van der Waals surface area contributed by atoms with E-state index >= 15 is 0 Å². The Labute approximate surface area is 114 Å². The average Bonchev–Trinajstić information content (AvgIpc) is 2.63. The Morgan fingerprint density at radius 2 is 1.85 bits per heavy atom. The molecule has 2 aromatic rings. The van der Waals surface area contributed by atoms with Gasteiger partial charge in [-0.25, -0.2) is 4.79 Å². The summed E-state index contributed by atoms with van der Waals surface area (Å²) in [7, 11) is 0. The molecule has 0 aliphatic heterocycles. The smallest absolute Gasteiger partial charge is 0.344 e. The van der Waals surface area contributed by atoms with Gasteiger partial charge in [0.25, 0.3) is 0 Å². The molecule has 4 heteroatoms. The molecular weight excluding hydrogens is 256 g/mol. The van der Waals surface area contributed by atoms with E-state index in [-0.39, 0.29) is 39.2 Å². The fourth-order valence-electron chi connectivity index (χ4n) is 2.28. The maximum absolute atomic E-state index is 12.5. The van der Waals surface area contributed by atoms with Gasteiger partial charge < -0.3 is 9.52 Å². The Morgan fingerprint density at radius 3 is 2.60 bits per heavy atom. The van der Waals surface area contributed by atoms with Gasteiger partial charge in [-0.3, -0.25) is 4.79 Å². The van der Waals surface area contributed by atoms with Crippen LogP contribution in [0, 0.1) is 5.92 Å². The van der Waals surface area contributed by atoms with E-state index in [2.05, 4.69) is 0 Å². The highest BCUT2D eigenvalue weighted by atomic mass is 16.4. The Kier molecular flexibility index (Phi) is 2.79. The molecule has 1 N–H and O–H groups in total. The predicted molar refractivity (Wildman–Crippen MR) is 77.6 cm³/mol. The van der Waals surface area contributed by atoms with Crippen LogP contribution in [0.1, 0.15) is 18.2 Å². The number of hydrogen-bond donors (Lipinski definition) is 1. The van der Waals surface area contributed by atoms with Gasteiger partial charge in [0.15, 0.2) is 16.9 Å². The summed E-state index contributed by atoms with van der Waals surface area (Å²) in [4.78, 5) is 24.6. The van der Waals surface area contributed by atoms with E-state index < -0.39 is 5.63 Å². The highest BCUT2D eigenvalue weighted by molar-refractivity contribution is 5.84. The van der Waals surface area contributed by atoms with Gasteiger partial charge in [0.1, 0.15) is 0 Å². The van der Waals surface area contributed by atoms with E-state index in [1.807, 2.05) is 6.92 Å². The van der Waals surface area contributed by atoms with Gasteiger partial charge in [0.05, 0.1) is 10.9 Å². The van der Waals surface area contributed by atoms with Crippen molar-refractivity contribution in [3.05, 3.63) is 68.4 Å². The van der Waals surface area contributed by atoms with Crippen LogP contribution in [-0.4, -0.2) is 5.11 Å². The molecule has 0 saturated heterocycles. The van der Waals surface area contributed by atoms with Crippen LogP contribution in [0.2, 0.25) is 0 Å². The maximum atomic E-state index is 12.5. The zero-order valence-corrected chi connectivity index (χ0v) is 10.8. The molecule has 1 heterocycles. The van der Waals surface area contributed by atoms with Gasteiger partial charge in [-0.2, -0.15) is 0 Å². The minimum Gasteiger partial charge on any atom is -0.504 e. The number of hydrogen-bond acceptors (Lipinski definition) is 4. The summed E-state index contributed by atoms with van der Waals surface area (Å²) in [6, 6.07) is 6.47. The summed E-state index contributed by atoms with van der Waals surface area (Å²) >= 11 is 0. The molecule has 1 aliphatic rings. The lowest BCUT2D eigenvalue weighted by atomic mass is 10.1. The van der Waals surface area contributed by atoms with Crippen LogP contribution in [0.4, 0.5) is 0 Å². The van der Waals surface area contributed by atoms with Gasteiger partial charge in [-0.15, -0.1) is 0 Å². The highest BCUT2D eigenvalue weighted by Gasteiger charge is 2.17. The lowest BCUT2D eigenvalue weighted by Gasteiger charge is -1.97. The van der Waals surface area contributed by atoms with E-state index in [4.69, 9.17) is 4.42 Å². The van der Waals surface area contributed by atoms with Crippen LogP contribution in [0.15, 0.2) is 50.4 Å². The minimum absolute atomic E-state index is 0.0522. The zero-order chi connectivity index (χ0) is 14.3. The van der Waals surface area contributed by atoms with Crippen molar-refractivity contribution < 1.29 is 9.52 Å². The lowest BCUT2D eigenvalue weighted by Crippen LogP contribution is -2.04. The molecule has 1 aliphatic carbocycles. The van der Waals surface area contributed by atoms with Gasteiger partial charge in [-0.1, -0.05) is 37.3 Å². The zero-order valence-electron chi connectivity index (χ0n) is 10.8. The summed E-state index contributed by atoms with van der Waals surface area (Å²) in [5.41, 5.74) is -0.769. The first-order chi connectivity index (χ1) is 9.58. The predicted octanol–water partition coefficient (Wildman–Crippen LogP) is 2.72. The van der Waals surface area contributed by atoms with E-state index in [9.17, 15) is 14.7 Å². The van der Waals surface area contributed by atoms with Crippen LogP contribution in [0.5, 0.6) is 0 Å². The summed E-state index contributed by atoms with van der Waals surface area (Å²) in [5, 5.41) is 10.5. The molecule has 0 spiro atoms. The second-order valence-electron chi connectivity index (χ2n) is 4.78. The number of fused-ring (bicyclic) bond motifs is 2. The van der Waals surface area contributed by atoms with Crippen LogP contribution in [0.3, 0.4) is 0 Å². The van der Waals surface area contributed by atoms with Crippen LogP contribution >= 0.6 is 0 Å². The quantitative estimate of drug-likeness (QED) is 0.797. The fourth-order valence-corrected chi connectivity index (χ4v) is 2.28. The van der Waals surface area contributed by atoms with Crippen LogP contribution in [0.25, 0.3) is 22.6 Å². The third kappa shape index (κ3) is 1.86. The van der Waals surface area contributed by atoms with Gasteiger partial charge in [0.2, 0.25) is 0 Å². The first-order valence-corrected chi connectivity index (χ1v) is 6.27. The standard InChI is InChI=1S/C16H12O4/c1-9-6-7-12-14(18)10-4-2-3-5-11(10)16(19)20-15(12)13(17)8-9/h2-9,17H,1H3. The third-order valence-electron chi connectivity index (χ3n) is 3.30. The van der Waals surface area contributed by atoms with Crippen molar-refractivity contribution in [1.29, 1.82) is 0 Å². The van der Waals surface area contributed by atoms with E-state index in [0.717, 1.165) is 0 Å². The molecule has 4 nitrogen and oxygen atoms in total. The minimum atomic E-state index is -0.637. The maximum Gasteiger partial charge on any atom is 0.344 e. The highest BCUT2D eigenvalue weighted by Crippen LogP contribution is 2.22.